The van der Waals surface area contributed by atoms with Crippen molar-refractivity contribution in [2.75, 3.05) is 25.9 Å². The molecule has 3 aliphatic rings. The Hall–Kier alpha value is -1.23. The van der Waals surface area contributed by atoms with E-state index >= 15 is 0 Å². The number of rotatable bonds is 5. The number of nitrogens with zero attached hydrogens (tertiary/aromatic N) is 3. The number of amides is 2. The first kappa shape index (κ1) is 24.4. The van der Waals surface area contributed by atoms with Crippen LogP contribution in [-0.2, 0) is 21.4 Å². The average Bonchev–Trinajstić information content (AvgIpc) is 3.35. The summed E-state index contributed by atoms with van der Waals surface area (Å²) in [4.78, 5) is 34.1. The third kappa shape index (κ3) is 4.62. The zero-order valence-electron chi connectivity index (χ0n) is 18.2. The van der Waals surface area contributed by atoms with E-state index in [4.69, 9.17) is 0 Å². The van der Waals surface area contributed by atoms with E-state index in [1.807, 2.05) is 19.2 Å². The van der Waals surface area contributed by atoms with Crippen molar-refractivity contribution in [3.8, 4) is 0 Å². The Labute approximate surface area is 194 Å². The fourth-order valence-electron chi connectivity index (χ4n) is 5.35. The normalized spacial score (nSPS) is 27.0. The van der Waals surface area contributed by atoms with Crippen molar-refractivity contribution >= 4 is 33.2 Å². The van der Waals surface area contributed by atoms with Gasteiger partial charge in [-0.25, -0.2) is 17.7 Å². The molecule has 0 aliphatic carbocycles. The second kappa shape index (κ2) is 9.33. The van der Waals surface area contributed by atoms with Gasteiger partial charge in [0.2, 0.25) is 15.9 Å². The topological polar surface area (TPSA) is 92.1 Å². The molecule has 31 heavy (non-hydrogen) atoms. The minimum atomic E-state index is -3.67. The van der Waals surface area contributed by atoms with E-state index in [0.717, 1.165) is 35.2 Å². The molecule has 11 heteroatoms. The minimum absolute atomic E-state index is 0. The zero-order chi connectivity index (χ0) is 21.6. The monoisotopic (exact) mass is 490 g/mol. The van der Waals surface area contributed by atoms with Crippen LogP contribution >= 0.6 is 11.3 Å². The van der Waals surface area contributed by atoms with Gasteiger partial charge in [0.15, 0.2) is 0 Å². The Morgan fingerprint density at radius 3 is 2.58 bits per heavy atom. The number of halogens is 1. The number of carbonyl (C=O) groups excluding carboxylic acids is 2. The standard InChI is InChI=1S/C20H30N4O4S2.ClH/c1-13(2)17-18-15(24(20(17)26)30(3,27)28)7-10-23(18)19(25)14-12-29-16(21-14)11-22-8-5-4-6-9-22;/h12-13,15,17-18H,4-11H2,1-3H3;1H/t15-,17+,18-;/m0./s1. The largest absolute Gasteiger partial charge is 1.00 e. The lowest BCUT2D eigenvalue weighted by Gasteiger charge is -2.28. The van der Waals surface area contributed by atoms with Crippen molar-refractivity contribution in [3.63, 3.8) is 0 Å². The van der Waals surface area contributed by atoms with Crippen LogP contribution < -0.4 is 17.3 Å². The van der Waals surface area contributed by atoms with E-state index < -0.39 is 28.0 Å². The summed E-state index contributed by atoms with van der Waals surface area (Å²) in [5, 5.41) is 2.77. The van der Waals surface area contributed by atoms with Crippen molar-refractivity contribution in [3.05, 3.63) is 16.1 Å². The molecule has 3 saturated heterocycles. The number of nitrogens with one attached hydrogen (secondary N) is 1. The van der Waals surface area contributed by atoms with Gasteiger partial charge in [-0.3, -0.25) is 9.59 Å². The highest BCUT2D eigenvalue weighted by atomic mass is 35.5. The van der Waals surface area contributed by atoms with Gasteiger partial charge in [0, 0.05) is 11.9 Å². The predicted octanol–water partition coefficient (Wildman–Crippen LogP) is -2.63. The molecular formula is C20H31ClN4O4S2. The quantitative estimate of drug-likeness (QED) is 0.487. The maximum Gasteiger partial charge on any atom is 0.273 e. The van der Waals surface area contributed by atoms with Crippen molar-refractivity contribution in [1.82, 2.24) is 14.2 Å². The van der Waals surface area contributed by atoms with Gasteiger partial charge in [-0.2, -0.15) is 0 Å². The van der Waals surface area contributed by atoms with Crippen LogP contribution in [0.4, 0.5) is 0 Å². The van der Waals surface area contributed by atoms with Gasteiger partial charge in [-0.1, -0.05) is 13.8 Å². The van der Waals surface area contributed by atoms with E-state index in [0.29, 0.717) is 18.7 Å². The van der Waals surface area contributed by atoms with Crippen molar-refractivity contribution in [2.24, 2.45) is 11.8 Å². The molecule has 3 aliphatic heterocycles. The average molecular weight is 491 g/mol. The third-order valence-corrected chi connectivity index (χ3v) is 8.67. The molecule has 1 aromatic heterocycles. The molecule has 0 aromatic carbocycles. The summed E-state index contributed by atoms with van der Waals surface area (Å²) in [6.45, 7) is 7.42. The van der Waals surface area contributed by atoms with Crippen LogP contribution in [0.25, 0.3) is 0 Å². The van der Waals surface area contributed by atoms with Crippen molar-refractivity contribution < 1.29 is 35.3 Å². The van der Waals surface area contributed by atoms with E-state index in [-0.39, 0.29) is 30.1 Å². The van der Waals surface area contributed by atoms with Gasteiger partial charge < -0.3 is 22.2 Å². The molecule has 174 valence electrons. The number of hydrogen-bond donors (Lipinski definition) is 1. The fourth-order valence-corrected chi connectivity index (χ4v) is 7.36. The fraction of sp³-hybridized carbons (Fsp3) is 0.750. The molecule has 0 spiro atoms. The Bertz CT molecular complexity index is 929. The lowest BCUT2D eigenvalue weighted by atomic mass is 9.88. The number of aromatic nitrogens is 1. The molecule has 4 rings (SSSR count). The lowest BCUT2D eigenvalue weighted by molar-refractivity contribution is -0.918. The molecular weight excluding hydrogens is 460 g/mol. The van der Waals surface area contributed by atoms with Gasteiger partial charge in [0.1, 0.15) is 17.2 Å². The summed E-state index contributed by atoms with van der Waals surface area (Å²) in [6.07, 6.45) is 5.33. The molecule has 4 heterocycles. The van der Waals surface area contributed by atoms with E-state index in [1.54, 1.807) is 4.90 Å². The van der Waals surface area contributed by atoms with Crippen LogP contribution in [0.15, 0.2) is 5.38 Å². The molecule has 3 atom stereocenters. The number of sulfonamides is 1. The summed E-state index contributed by atoms with van der Waals surface area (Å²) in [5.41, 5.74) is 0.417. The molecule has 0 unspecified atom stereocenters. The van der Waals surface area contributed by atoms with Crippen molar-refractivity contribution in [1.29, 1.82) is 0 Å². The number of likely N-dealkylation sites (tertiary alicyclic amines) is 2. The number of piperidine rings is 1. The SMILES string of the molecule is CC(C)[C@H]1C(=O)N(S(C)(=O)=O)[C@H]2CCN(C(=O)c3csc(C[NH+]4CCCCC4)n3)[C@H]12.[Cl-]. The maximum atomic E-state index is 13.3. The number of thiazole rings is 1. The smallest absolute Gasteiger partial charge is 0.273 e. The Kier molecular flexibility index (Phi) is 7.35. The summed E-state index contributed by atoms with van der Waals surface area (Å²) < 4.78 is 25.6. The van der Waals surface area contributed by atoms with E-state index in [9.17, 15) is 18.0 Å². The lowest BCUT2D eigenvalue weighted by Crippen LogP contribution is -3.11. The highest BCUT2D eigenvalue weighted by molar-refractivity contribution is 7.88. The molecule has 1 N–H and O–H groups in total. The molecule has 3 fully saturated rings. The molecule has 0 saturated carbocycles. The highest BCUT2D eigenvalue weighted by Gasteiger charge is 2.58. The number of quaternary nitrogens is 1. The molecule has 2 amide bonds. The zero-order valence-corrected chi connectivity index (χ0v) is 20.6. The van der Waals surface area contributed by atoms with E-state index in [1.165, 1.54) is 35.5 Å². The van der Waals surface area contributed by atoms with Gasteiger partial charge >= 0.3 is 0 Å². The predicted molar refractivity (Wildman–Crippen MR) is 114 cm³/mol. The molecule has 0 radical (unpaired) electrons. The Balaban J connectivity index is 0.00000272. The summed E-state index contributed by atoms with van der Waals surface area (Å²) in [7, 11) is -3.67. The first-order valence-electron chi connectivity index (χ1n) is 10.8. The highest BCUT2D eigenvalue weighted by Crippen LogP contribution is 2.41. The van der Waals surface area contributed by atoms with Gasteiger partial charge in [-0.05, 0) is 31.6 Å². The van der Waals surface area contributed by atoms with Gasteiger partial charge in [0.25, 0.3) is 5.91 Å². The van der Waals surface area contributed by atoms with Crippen LogP contribution in [0.1, 0.15) is 55.0 Å². The second-order valence-electron chi connectivity index (χ2n) is 9.13. The summed E-state index contributed by atoms with van der Waals surface area (Å²) in [5.74, 6) is -1.13. The number of hydrogen-bond acceptors (Lipinski definition) is 6. The Morgan fingerprint density at radius 1 is 1.29 bits per heavy atom. The number of fused-ring (bicyclic) bond motifs is 1. The van der Waals surface area contributed by atoms with Crippen LogP contribution in [0.3, 0.4) is 0 Å². The summed E-state index contributed by atoms with van der Waals surface area (Å²) >= 11 is 1.52. The first-order chi connectivity index (χ1) is 14.2. The summed E-state index contributed by atoms with van der Waals surface area (Å²) in [6, 6.07) is -0.891. The number of carbonyl (C=O) groups is 2. The third-order valence-electron chi connectivity index (χ3n) is 6.66. The van der Waals surface area contributed by atoms with Crippen molar-refractivity contribution in [2.45, 2.75) is 58.2 Å². The molecule has 1 aromatic rings. The maximum absolute atomic E-state index is 13.3. The van der Waals surface area contributed by atoms with E-state index in [2.05, 4.69) is 4.98 Å². The van der Waals surface area contributed by atoms with Gasteiger partial charge in [0.05, 0.1) is 37.3 Å². The molecule has 0 bridgehead atoms. The van der Waals surface area contributed by atoms with Crippen LogP contribution in [-0.4, -0.2) is 72.4 Å². The van der Waals surface area contributed by atoms with Crippen LogP contribution in [0.2, 0.25) is 0 Å². The molecule has 8 nitrogen and oxygen atoms in total. The first-order valence-corrected chi connectivity index (χ1v) is 13.5. The van der Waals surface area contributed by atoms with Gasteiger partial charge in [-0.15, -0.1) is 11.3 Å². The minimum Gasteiger partial charge on any atom is -1.00 e. The Morgan fingerprint density at radius 2 is 1.97 bits per heavy atom. The van der Waals surface area contributed by atoms with Crippen LogP contribution in [0.5, 0.6) is 0 Å². The second-order valence-corrected chi connectivity index (χ2v) is 11.9. The van der Waals surface area contributed by atoms with Crippen LogP contribution in [0, 0.1) is 11.8 Å².